The molecule has 1 saturated carbocycles. The minimum Gasteiger partial charge on any atom is -0.497 e. The summed E-state index contributed by atoms with van der Waals surface area (Å²) in [5.41, 5.74) is -1.17. The van der Waals surface area contributed by atoms with Gasteiger partial charge in [-0.25, -0.2) is 0 Å². The number of methoxy groups -OCH3 is 3. The Labute approximate surface area is 198 Å². The molecule has 0 amide bonds. The first-order valence-corrected chi connectivity index (χ1v) is 11.2. The Balaban J connectivity index is 1.85. The average Bonchev–Trinajstić information content (AvgIpc) is 3.26. The average molecular weight is 464 g/mol. The molecule has 1 aliphatic carbocycles. The van der Waals surface area contributed by atoms with Crippen LogP contribution in [0.5, 0.6) is 23.0 Å². The molecule has 178 valence electrons. The Morgan fingerprint density at radius 1 is 0.882 bits per heavy atom. The molecule has 3 aromatic rings. The van der Waals surface area contributed by atoms with Gasteiger partial charge in [-0.1, -0.05) is 42.5 Å². The van der Waals surface area contributed by atoms with Gasteiger partial charge in [0.1, 0.15) is 29.1 Å². The van der Waals surface area contributed by atoms with Gasteiger partial charge in [0.25, 0.3) is 0 Å². The molecular formula is C27H29NO6. The van der Waals surface area contributed by atoms with E-state index in [4.69, 9.17) is 18.9 Å². The van der Waals surface area contributed by atoms with Crippen molar-refractivity contribution in [3.8, 4) is 23.0 Å². The van der Waals surface area contributed by atoms with E-state index in [-0.39, 0.29) is 0 Å². The van der Waals surface area contributed by atoms with Gasteiger partial charge in [-0.05, 0) is 30.3 Å². The van der Waals surface area contributed by atoms with E-state index in [0.29, 0.717) is 34.1 Å². The van der Waals surface area contributed by atoms with E-state index in [1.165, 1.54) is 7.11 Å². The number of rotatable bonds is 6. The van der Waals surface area contributed by atoms with Gasteiger partial charge < -0.3 is 34.5 Å². The van der Waals surface area contributed by atoms with Crippen LogP contribution in [-0.2, 0) is 11.2 Å². The lowest BCUT2D eigenvalue weighted by molar-refractivity contribution is -0.151. The summed E-state index contributed by atoms with van der Waals surface area (Å²) >= 11 is 0. The predicted octanol–water partition coefficient (Wildman–Crippen LogP) is 2.93. The van der Waals surface area contributed by atoms with E-state index in [2.05, 4.69) is 5.32 Å². The normalized spacial score (nSPS) is 29.2. The van der Waals surface area contributed by atoms with Gasteiger partial charge in [-0.3, -0.25) is 0 Å². The molecule has 1 aliphatic heterocycles. The Bertz CT molecular complexity index is 1180. The van der Waals surface area contributed by atoms with Crippen LogP contribution in [0.2, 0.25) is 0 Å². The molecule has 0 bridgehead atoms. The van der Waals surface area contributed by atoms with Crippen LogP contribution in [0.15, 0.2) is 66.7 Å². The summed E-state index contributed by atoms with van der Waals surface area (Å²) in [7, 11) is 6.47. The van der Waals surface area contributed by atoms with E-state index < -0.39 is 29.3 Å². The molecule has 5 rings (SSSR count). The molecule has 1 heterocycles. The van der Waals surface area contributed by atoms with Gasteiger partial charge in [-0.15, -0.1) is 0 Å². The molecule has 2 aliphatic rings. The standard InChI is InChI=1S/C27H29NO6/c1-28-24-22(16-8-6-5-7-9-16)27(17-10-12-18(31-2)13-11-17)26(30,25(24)29)23-20(33-4)14-19(32-3)15-21(23)34-27/h5-15,22,24-25,28-30H,1-4H3. The fourth-order valence-corrected chi connectivity index (χ4v) is 5.83. The predicted molar refractivity (Wildman–Crippen MR) is 127 cm³/mol. The SMILES string of the molecule is CNC1C(O)C2(O)c3c(OC)cc(OC)cc3OC2(c2ccc(OC)cc2)C1c1ccccc1. The summed E-state index contributed by atoms with van der Waals surface area (Å²) in [5.74, 6) is 1.55. The van der Waals surface area contributed by atoms with Crippen LogP contribution in [0.3, 0.4) is 0 Å². The second-order valence-corrected chi connectivity index (χ2v) is 8.68. The number of aliphatic hydroxyl groups is 2. The van der Waals surface area contributed by atoms with Gasteiger partial charge in [0.15, 0.2) is 11.2 Å². The van der Waals surface area contributed by atoms with Crippen LogP contribution in [0.25, 0.3) is 0 Å². The van der Waals surface area contributed by atoms with Crippen molar-refractivity contribution < 1.29 is 29.2 Å². The van der Waals surface area contributed by atoms with Crippen LogP contribution < -0.4 is 24.3 Å². The molecular weight excluding hydrogens is 434 g/mol. The quantitative estimate of drug-likeness (QED) is 0.518. The Hall–Kier alpha value is -3.26. The maximum Gasteiger partial charge on any atom is 0.178 e. The third kappa shape index (κ3) is 2.81. The van der Waals surface area contributed by atoms with E-state index in [0.717, 1.165) is 5.56 Å². The van der Waals surface area contributed by atoms with Gasteiger partial charge in [0.05, 0.1) is 26.9 Å². The monoisotopic (exact) mass is 463 g/mol. The molecule has 3 aromatic carbocycles. The van der Waals surface area contributed by atoms with Crippen molar-refractivity contribution in [2.45, 2.75) is 29.3 Å². The smallest absolute Gasteiger partial charge is 0.178 e. The van der Waals surface area contributed by atoms with Crippen LogP contribution in [0, 0.1) is 0 Å². The number of hydrogen-bond donors (Lipinski definition) is 3. The van der Waals surface area contributed by atoms with E-state index in [1.807, 2.05) is 54.6 Å². The second-order valence-electron chi connectivity index (χ2n) is 8.68. The highest BCUT2D eigenvalue weighted by Crippen LogP contribution is 2.68. The summed E-state index contributed by atoms with van der Waals surface area (Å²) in [5, 5.41) is 27.6. The first kappa shape index (κ1) is 22.5. The Morgan fingerprint density at radius 3 is 2.15 bits per heavy atom. The second kappa shape index (κ2) is 8.20. The van der Waals surface area contributed by atoms with E-state index >= 15 is 0 Å². The topological polar surface area (TPSA) is 89.4 Å². The van der Waals surface area contributed by atoms with Crippen LogP contribution in [-0.4, -0.2) is 50.7 Å². The fraction of sp³-hybridized carbons (Fsp3) is 0.333. The van der Waals surface area contributed by atoms with Crippen molar-refractivity contribution in [2.75, 3.05) is 28.4 Å². The number of aliphatic hydroxyl groups excluding tert-OH is 1. The van der Waals surface area contributed by atoms with Crippen molar-refractivity contribution in [3.05, 3.63) is 83.4 Å². The zero-order valence-electron chi connectivity index (χ0n) is 19.6. The first-order chi connectivity index (χ1) is 16.5. The Morgan fingerprint density at radius 2 is 1.56 bits per heavy atom. The third-order valence-corrected chi connectivity index (χ3v) is 7.29. The zero-order valence-corrected chi connectivity index (χ0v) is 19.6. The highest BCUT2D eigenvalue weighted by molar-refractivity contribution is 5.63. The van der Waals surface area contributed by atoms with Crippen molar-refractivity contribution in [1.29, 1.82) is 0 Å². The summed E-state index contributed by atoms with van der Waals surface area (Å²) < 4.78 is 23.3. The largest absolute Gasteiger partial charge is 0.497 e. The van der Waals surface area contributed by atoms with Gasteiger partial charge in [-0.2, -0.15) is 0 Å². The maximum atomic E-state index is 12.6. The zero-order chi connectivity index (χ0) is 24.1. The molecule has 1 fully saturated rings. The lowest BCUT2D eigenvalue weighted by Gasteiger charge is -2.40. The highest BCUT2D eigenvalue weighted by Gasteiger charge is 2.76. The highest BCUT2D eigenvalue weighted by atomic mass is 16.5. The maximum absolute atomic E-state index is 12.6. The van der Waals surface area contributed by atoms with E-state index in [1.54, 1.807) is 33.4 Å². The number of likely N-dealkylation sites (N-methyl/N-ethyl adjacent to an activating group) is 1. The molecule has 34 heavy (non-hydrogen) atoms. The number of fused-ring (bicyclic) bond motifs is 3. The number of ether oxygens (including phenoxy) is 4. The first-order valence-electron chi connectivity index (χ1n) is 11.2. The summed E-state index contributed by atoms with van der Waals surface area (Å²) in [6.45, 7) is 0. The van der Waals surface area contributed by atoms with Crippen LogP contribution in [0.1, 0.15) is 22.6 Å². The number of hydrogen-bond acceptors (Lipinski definition) is 7. The van der Waals surface area contributed by atoms with Crippen molar-refractivity contribution in [3.63, 3.8) is 0 Å². The van der Waals surface area contributed by atoms with Gasteiger partial charge in [0.2, 0.25) is 0 Å². The molecule has 7 nitrogen and oxygen atoms in total. The van der Waals surface area contributed by atoms with E-state index in [9.17, 15) is 10.2 Å². The molecule has 0 aromatic heterocycles. The van der Waals surface area contributed by atoms with Crippen molar-refractivity contribution in [1.82, 2.24) is 5.32 Å². The lowest BCUT2D eigenvalue weighted by Crippen LogP contribution is -2.52. The number of benzene rings is 3. The summed E-state index contributed by atoms with van der Waals surface area (Å²) in [6, 6.07) is 20.1. The van der Waals surface area contributed by atoms with Gasteiger partial charge in [0, 0.05) is 24.1 Å². The molecule has 7 heteroatoms. The third-order valence-electron chi connectivity index (χ3n) is 7.29. The fourth-order valence-electron chi connectivity index (χ4n) is 5.83. The summed E-state index contributed by atoms with van der Waals surface area (Å²) in [6.07, 6.45) is -1.21. The van der Waals surface area contributed by atoms with Crippen LogP contribution in [0.4, 0.5) is 0 Å². The molecule has 0 spiro atoms. The minimum absolute atomic E-state index is 0.384. The minimum atomic E-state index is -1.83. The molecule has 0 saturated heterocycles. The lowest BCUT2D eigenvalue weighted by atomic mass is 9.71. The van der Waals surface area contributed by atoms with Crippen molar-refractivity contribution >= 4 is 0 Å². The van der Waals surface area contributed by atoms with Gasteiger partial charge >= 0.3 is 0 Å². The molecule has 5 unspecified atom stereocenters. The van der Waals surface area contributed by atoms with Crippen LogP contribution >= 0.6 is 0 Å². The number of nitrogens with one attached hydrogen (secondary N) is 1. The summed E-state index contributed by atoms with van der Waals surface area (Å²) in [4.78, 5) is 0. The van der Waals surface area contributed by atoms with Crippen molar-refractivity contribution in [2.24, 2.45) is 0 Å². The molecule has 3 N–H and O–H groups in total. The molecule has 5 atom stereocenters. The molecule has 0 radical (unpaired) electrons. The Kier molecular flexibility index (Phi) is 5.43.